The van der Waals surface area contributed by atoms with E-state index in [9.17, 15) is 4.79 Å². The van der Waals surface area contributed by atoms with Gasteiger partial charge in [-0.15, -0.1) is 0 Å². The molecule has 0 bridgehead atoms. The van der Waals surface area contributed by atoms with Crippen LogP contribution in [-0.4, -0.2) is 80.1 Å². The van der Waals surface area contributed by atoms with Gasteiger partial charge < -0.3 is 24.2 Å². The number of amides is 1. The van der Waals surface area contributed by atoms with Crippen LogP contribution in [0.5, 0.6) is 0 Å². The average molecular weight is 335 g/mol. The Morgan fingerprint density at radius 3 is 2.25 bits per heavy atom. The second-order valence-electron chi connectivity index (χ2n) is 5.90. The van der Waals surface area contributed by atoms with Crippen LogP contribution in [0, 0.1) is 6.92 Å². The molecule has 2 aliphatic heterocycles. The summed E-state index contributed by atoms with van der Waals surface area (Å²) in [7, 11) is 0. The first-order valence-corrected chi connectivity index (χ1v) is 8.52. The van der Waals surface area contributed by atoms with Gasteiger partial charge in [0.05, 0.1) is 19.8 Å². The number of nitrogens with zero attached hydrogens (tertiary/aromatic N) is 5. The van der Waals surface area contributed by atoms with Gasteiger partial charge >= 0.3 is 6.09 Å². The predicted octanol–water partition coefficient (Wildman–Crippen LogP) is 0.900. The van der Waals surface area contributed by atoms with Crippen LogP contribution in [0.15, 0.2) is 6.07 Å². The van der Waals surface area contributed by atoms with Gasteiger partial charge in [-0.05, 0) is 13.8 Å². The van der Waals surface area contributed by atoms with Gasteiger partial charge in [0.2, 0.25) is 0 Å². The molecule has 0 unspecified atom stereocenters. The Kier molecular flexibility index (Phi) is 5.34. The smallest absolute Gasteiger partial charge is 0.409 e. The van der Waals surface area contributed by atoms with Crippen LogP contribution >= 0.6 is 0 Å². The minimum Gasteiger partial charge on any atom is -0.450 e. The molecule has 8 heteroatoms. The first kappa shape index (κ1) is 16.8. The Morgan fingerprint density at radius 2 is 1.67 bits per heavy atom. The van der Waals surface area contributed by atoms with E-state index in [1.54, 1.807) is 4.90 Å². The number of ether oxygens (including phenoxy) is 2. The molecule has 3 rings (SSSR count). The van der Waals surface area contributed by atoms with Crippen molar-refractivity contribution < 1.29 is 14.3 Å². The molecular weight excluding hydrogens is 310 g/mol. The van der Waals surface area contributed by atoms with Crippen LogP contribution in [0.4, 0.5) is 16.4 Å². The lowest BCUT2D eigenvalue weighted by Crippen LogP contribution is -2.49. The molecule has 1 aromatic rings. The third kappa shape index (κ3) is 3.87. The minimum absolute atomic E-state index is 0.231. The summed E-state index contributed by atoms with van der Waals surface area (Å²) in [6.45, 7) is 10.1. The van der Waals surface area contributed by atoms with E-state index in [2.05, 4.69) is 19.8 Å². The maximum Gasteiger partial charge on any atom is 0.409 e. The number of carbonyl (C=O) groups is 1. The van der Waals surface area contributed by atoms with Crippen molar-refractivity contribution in [2.75, 3.05) is 68.9 Å². The molecule has 0 radical (unpaired) electrons. The Labute approximate surface area is 142 Å². The van der Waals surface area contributed by atoms with E-state index in [4.69, 9.17) is 9.47 Å². The normalized spacial score (nSPS) is 18.7. The van der Waals surface area contributed by atoms with Crippen molar-refractivity contribution >= 4 is 17.7 Å². The maximum absolute atomic E-state index is 11.8. The highest BCUT2D eigenvalue weighted by atomic mass is 16.6. The molecule has 0 N–H and O–H groups in total. The molecule has 1 amide bonds. The lowest BCUT2D eigenvalue weighted by Gasteiger charge is -2.35. The summed E-state index contributed by atoms with van der Waals surface area (Å²) in [5.74, 6) is 2.64. The Balaban J connectivity index is 1.67. The minimum atomic E-state index is -0.231. The fourth-order valence-corrected chi connectivity index (χ4v) is 2.99. The van der Waals surface area contributed by atoms with Crippen LogP contribution in [0.1, 0.15) is 12.7 Å². The van der Waals surface area contributed by atoms with Gasteiger partial charge in [0.25, 0.3) is 0 Å². The first-order chi connectivity index (χ1) is 11.7. The Hall–Kier alpha value is -2.09. The molecule has 0 aliphatic carbocycles. The number of rotatable bonds is 3. The van der Waals surface area contributed by atoms with Crippen molar-refractivity contribution in [3.63, 3.8) is 0 Å². The number of aryl methyl sites for hydroxylation is 1. The number of piperazine rings is 1. The van der Waals surface area contributed by atoms with Gasteiger partial charge in [-0.2, -0.15) is 0 Å². The summed E-state index contributed by atoms with van der Waals surface area (Å²) < 4.78 is 10.5. The number of carbonyl (C=O) groups excluding carboxylic acids is 1. The largest absolute Gasteiger partial charge is 0.450 e. The van der Waals surface area contributed by atoms with Crippen LogP contribution in [0.25, 0.3) is 0 Å². The molecular formula is C16H25N5O3. The van der Waals surface area contributed by atoms with Gasteiger partial charge in [0.15, 0.2) is 0 Å². The fourth-order valence-electron chi connectivity index (χ4n) is 2.99. The molecule has 2 aliphatic rings. The highest BCUT2D eigenvalue weighted by Crippen LogP contribution is 2.21. The van der Waals surface area contributed by atoms with Gasteiger partial charge in [-0.3, -0.25) is 0 Å². The Bertz CT molecular complexity index is 569. The molecule has 2 fully saturated rings. The third-order valence-electron chi connectivity index (χ3n) is 4.28. The van der Waals surface area contributed by atoms with Gasteiger partial charge in [-0.25, -0.2) is 14.8 Å². The van der Waals surface area contributed by atoms with Crippen LogP contribution in [0.2, 0.25) is 0 Å². The van der Waals surface area contributed by atoms with Crippen LogP contribution < -0.4 is 9.80 Å². The van der Waals surface area contributed by atoms with Crippen molar-refractivity contribution in [2.45, 2.75) is 13.8 Å². The fraction of sp³-hybridized carbons (Fsp3) is 0.688. The summed E-state index contributed by atoms with van der Waals surface area (Å²) in [5, 5.41) is 0. The quantitative estimate of drug-likeness (QED) is 0.813. The summed E-state index contributed by atoms with van der Waals surface area (Å²) in [4.78, 5) is 27.1. The van der Waals surface area contributed by atoms with E-state index in [0.29, 0.717) is 19.7 Å². The van der Waals surface area contributed by atoms with Crippen molar-refractivity contribution in [1.82, 2.24) is 14.9 Å². The second-order valence-corrected chi connectivity index (χ2v) is 5.90. The van der Waals surface area contributed by atoms with Crippen molar-refractivity contribution in [1.29, 1.82) is 0 Å². The zero-order chi connectivity index (χ0) is 16.9. The van der Waals surface area contributed by atoms with Crippen LogP contribution in [-0.2, 0) is 9.47 Å². The molecule has 0 spiro atoms. The molecule has 8 nitrogen and oxygen atoms in total. The van der Waals surface area contributed by atoms with Gasteiger partial charge in [0.1, 0.15) is 17.5 Å². The summed E-state index contributed by atoms with van der Waals surface area (Å²) >= 11 is 0. The number of morpholine rings is 1. The van der Waals surface area contributed by atoms with E-state index in [1.807, 2.05) is 19.9 Å². The SMILES string of the molecule is CCOC(=O)N1CCN(c2cc(N3CCOCC3)nc(C)n2)CC1. The molecule has 0 atom stereocenters. The molecule has 24 heavy (non-hydrogen) atoms. The van der Waals surface area contributed by atoms with E-state index in [-0.39, 0.29) is 6.09 Å². The number of anilines is 2. The van der Waals surface area contributed by atoms with Crippen molar-refractivity contribution in [3.8, 4) is 0 Å². The average Bonchev–Trinajstić information content (AvgIpc) is 2.62. The molecule has 1 aromatic heterocycles. The molecule has 0 aromatic carbocycles. The van der Waals surface area contributed by atoms with E-state index >= 15 is 0 Å². The second kappa shape index (κ2) is 7.65. The zero-order valence-electron chi connectivity index (χ0n) is 14.4. The van der Waals surface area contributed by atoms with Crippen molar-refractivity contribution in [2.24, 2.45) is 0 Å². The monoisotopic (exact) mass is 335 g/mol. The van der Waals surface area contributed by atoms with Crippen LogP contribution in [0.3, 0.4) is 0 Å². The molecule has 0 saturated carbocycles. The Morgan fingerprint density at radius 1 is 1.08 bits per heavy atom. The summed E-state index contributed by atoms with van der Waals surface area (Å²) in [6.07, 6.45) is -0.231. The standard InChI is InChI=1S/C16H25N5O3/c1-3-24-16(22)21-6-4-19(5-7-21)14-12-15(18-13(2)17-14)20-8-10-23-11-9-20/h12H,3-11H2,1-2H3. The maximum atomic E-state index is 11.8. The summed E-state index contributed by atoms with van der Waals surface area (Å²) in [5.41, 5.74) is 0. The topological polar surface area (TPSA) is 71.0 Å². The first-order valence-electron chi connectivity index (χ1n) is 8.52. The zero-order valence-corrected chi connectivity index (χ0v) is 14.4. The lowest BCUT2D eigenvalue weighted by molar-refractivity contribution is 0.105. The van der Waals surface area contributed by atoms with E-state index in [0.717, 1.165) is 56.9 Å². The van der Waals surface area contributed by atoms with E-state index in [1.165, 1.54) is 0 Å². The predicted molar refractivity (Wildman–Crippen MR) is 90.6 cm³/mol. The highest BCUT2D eigenvalue weighted by Gasteiger charge is 2.24. The number of hydrogen-bond donors (Lipinski definition) is 0. The van der Waals surface area contributed by atoms with Gasteiger partial charge in [-0.1, -0.05) is 0 Å². The van der Waals surface area contributed by atoms with Crippen molar-refractivity contribution in [3.05, 3.63) is 11.9 Å². The number of aromatic nitrogens is 2. The molecule has 2 saturated heterocycles. The third-order valence-corrected chi connectivity index (χ3v) is 4.28. The molecule has 132 valence electrons. The lowest BCUT2D eigenvalue weighted by atomic mass is 10.3. The molecule has 3 heterocycles. The highest BCUT2D eigenvalue weighted by molar-refractivity contribution is 5.68. The number of hydrogen-bond acceptors (Lipinski definition) is 7. The van der Waals surface area contributed by atoms with E-state index < -0.39 is 0 Å². The van der Waals surface area contributed by atoms with Gasteiger partial charge in [0, 0.05) is 45.3 Å². The summed E-state index contributed by atoms with van der Waals surface area (Å²) in [6, 6.07) is 2.04.